The first-order valence-electron chi connectivity index (χ1n) is 7.10. The summed E-state index contributed by atoms with van der Waals surface area (Å²) in [4.78, 5) is 2.46. The molecule has 0 amide bonds. The molecule has 20 heavy (non-hydrogen) atoms. The van der Waals surface area contributed by atoms with Crippen molar-refractivity contribution >= 4 is 33.8 Å². The van der Waals surface area contributed by atoms with Crippen molar-refractivity contribution in [3.05, 3.63) is 64.1 Å². The van der Waals surface area contributed by atoms with Gasteiger partial charge in [0.05, 0.1) is 0 Å². The van der Waals surface area contributed by atoms with E-state index in [4.69, 9.17) is 0 Å². The molecule has 1 saturated heterocycles. The summed E-state index contributed by atoms with van der Waals surface area (Å²) in [5.74, 6) is 0. The van der Waals surface area contributed by atoms with Gasteiger partial charge in [0.15, 0.2) is 0 Å². The first kappa shape index (κ1) is 13.4. The highest BCUT2D eigenvalue weighted by Crippen LogP contribution is 2.21. The van der Waals surface area contributed by atoms with E-state index in [0.717, 1.165) is 4.47 Å². The van der Waals surface area contributed by atoms with Crippen LogP contribution in [0.5, 0.6) is 0 Å². The Bertz CT molecular complexity index is 578. The van der Waals surface area contributed by atoms with Gasteiger partial charge in [-0.25, -0.2) is 0 Å². The summed E-state index contributed by atoms with van der Waals surface area (Å²) in [5, 5.41) is 0. The fraction of sp³-hybridized carbons (Fsp3) is 0.222. The molecule has 0 aliphatic carbocycles. The summed E-state index contributed by atoms with van der Waals surface area (Å²) in [5.41, 5.74) is 3.82. The molecular formula is C18H18BrN. The van der Waals surface area contributed by atoms with E-state index in [9.17, 15) is 0 Å². The molecule has 0 spiro atoms. The van der Waals surface area contributed by atoms with Gasteiger partial charge < -0.3 is 4.90 Å². The van der Waals surface area contributed by atoms with E-state index in [-0.39, 0.29) is 0 Å². The lowest BCUT2D eigenvalue weighted by atomic mass is 10.1. The maximum Gasteiger partial charge on any atom is 0.0366 e. The summed E-state index contributed by atoms with van der Waals surface area (Å²) in [7, 11) is 0. The Hall–Kier alpha value is -1.54. The molecule has 1 aliphatic rings. The monoisotopic (exact) mass is 327 g/mol. The van der Waals surface area contributed by atoms with Gasteiger partial charge in [0, 0.05) is 23.2 Å². The molecule has 2 heteroatoms. The molecular weight excluding hydrogens is 310 g/mol. The van der Waals surface area contributed by atoms with E-state index in [2.05, 4.69) is 81.5 Å². The van der Waals surface area contributed by atoms with E-state index in [1.54, 1.807) is 0 Å². The van der Waals surface area contributed by atoms with Gasteiger partial charge in [-0.15, -0.1) is 0 Å². The van der Waals surface area contributed by atoms with Crippen LogP contribution in [0.4, 0.5) is 5.69 Å². The van der Waals surface area contributed by atoms with Crippen molar-refractivity contribution < 1.29 is 0 Å². The zero-order valence-corrected chi connectivity index (χ0v) is 13.0. The third-order valence-corrected chi connectivity index (χ3v) is 4.23. The minimum absolute atomic E-state index is 1.12. The highest BCUT2D eigenvalue weighted by Gasteiger charge is 2.11. The van der Waals surface area contributed by atoms with Crippen LogP contribution in [0.3, 0.4) is 0 Å². The number of nitrogens with zero attached hydrogens (tertiary/aromatic N) is 1. The van der Waals surface area contributed by atoms with E-state index < -0.39 is 0 Å². The first-order valence-corrected chi connectivity index (χ1v) is 7.89. The lowest BCUT2D eigenvalue weighted by Crippen LogP contribution is -2.17. The Morgan fingerprint density at radius 3 is 1.80 bits per heavy atom. The zero-order valence-electron chi connectivity index (χ0n) is 11.4. The minimum Gasteiger partial charge on any atom is -0.372 e. The van der Waals surface area contributed by atoms with Crippen LogP contribution >= 0.6 is 15.9 Å². The normalized spacial score (nSPS) is 15.2. The largest absolute Gasteiger partial charge is 0.372 e. The molecule has 102 valence electrons. The number of hydrogen-bond acceptors (Lipinski definition) is 1. The molecule has 1 fully saturated rings. The second-order valence-corrected chi connectivity index (χ2v) is 6.09. The molecule has 1 heterocycles. The lowest BCUT2D eigenvalue weighted by molar-refractivity contribution is 0.949. The van der Waals surface area contributed by atoms with Gasteiger partial charge in [0.1, 0.15) is 0 Å². The topological polar surface area (TPSA) is 3.24 Å². The highest BCUT2D eigenvalue weighted by atomic mass is 79.9. The standard InChI is InChI=1S/C18H18BrN/c19-17-9-5-15(6-10-17)3-4-16-7-11-18(12-8-16)20-13-1-2-14-20/h3-12H,1-2,13-14H2/b4-3+. The fourth-order valence-corrected chi connectivity index (χ4v) is 2.80. The Morgan fingerprint density at radius 1 is 0.750 bits per heavy atom. The zero-order chi connectivity index (χ0) is 13.8. The van der Waals surface area contributed by atoms with Crippen molar-refractivity contribution in [3.8, 4) is 0 Å². The summed E-state index contributed by atoms with van der Waals surface area (Å²) in [6.45, 7) is 2.40. The van der Waals surface area contributed by atoms with Crippen LogP contribution in [-0.4, -0.2) is 13.1 Å². The van der Waals surface area contributed by atoms with Gasteiger partial charge in [0.2, 0.25) is 0 Å². The third kappa shape index (κ3) is 3.31. The van der Waals surface area contributed by atoms with Crippen molar-refractivity contribution in [1.82, 2.24) is 0 Å². The molecule has 2 aromatic rings. The minimum atomic E-state index is 1.12. The maximum atomic E-state index is 3.45. The maximum absolute atomic E-state index is 3.45. The van der Waals surface area contributed by atoms with Gasteiger partial charge in [-0.05, 0) is 48.2 Å². The molecule has 0 saturated carbocycles. The number of rotatable bonds is 3. The SMILES string of the molecule is Brc1ccc(/C=C/c2ccc(N3CCCC3)cc2)cc1. The van der Waals surface area contributed by atoms with Crippen molar-refractivity contribution in [1.29, 1.82) is 0 Å². The van der Waals surface area contributed by atoms with Gasteiger partial charge in [-0.3, -0.25) is 0 Å². The van der Waals surface area contributed by atoms with Gasteiger partial charge in [-0.2, -0.15) is 0 Å². The molecule has 1 nitrogen and oxygen atoms in total. The Labute approximate surface area is 129 Å². The highest BCUT2D eigenvalue weighted by molar-refractivity contribution is 9.10. The van der Waals surface area contributed by atoms with E-state index >= 15 is 0 Å². The van der Waals surface area contributed by atoms with Crippen molar-refractivity contribution in [2.75, 3.05) is 18.0 Å². The van der Waals surface area contributed by atoms with Crippen molar-refractivity contribution in [3.63, 3.8) is 0 Å². The number of anilines is 1. The average molecular weight is 328 g/mol. The second kappa shape index (κ2) is 6.27. The predicted octanol–water partition coefficient (Wildman–Crippen LogP) is 5.22. The number of halogens is 1. The summed E-state index contributed by atoms with van der Waals surface area (Å²) < 4.78 is 1.12. The Kier molecular flexibility index (Phi) is 4.22. The van der Waals surface area contributed by atoms with Crippen LogP contribution in [0.1, 0.15) is 24.0 Å². The Morgan fingerprint density at radius 2 is 1.25 bits per heavy atom. The molecule has 0 atom stereocenters. The number of hydrogen-bond donors (Lipinski definition) is 0. The van der Waals surface area contributed by atoms with E-state index in [1.165, 1.54) is 42.7 Å². The third-order valence-electron chi connectivity index (χ3n) is 3.70. The van der Waals surface area contributed by atoms with Crippen LogP contribution < -0.4 is 4.90 Å². The smallest absolute Gasteiger partial charge is 0.0366 e. The van der Waals surface area contributed by atoms with Gasteiger partial charge in [-0.1, -0.05) is 52.3 Å². The Balaban J connectivity index is 1.69. The van der Waals surface area contributed by atoms with Gasteiger partial charge in [0.25, 0.3) is 0 Å². The van der Waals surface area contributed by atoms with Gasteiger partial charge >= 0.3 is 0 Å². The molecule has 1 aliphatic heterocycles. The predicted molar refractivity (Wildman–Crippen MR) is 91.0 cm³/mol. The molecule has 0 N–H and O–H groups in total. The molecule has 2 aromatic carbocycles. The quantitative estimate of drug-likeness (QED) is 0.698. The van der Waals surface area contributed by atoms with Crippen LogP contribution in [-0.2, 0) is 0 Å². The fourth-order valence-electron chi connectivity index (χ4n) is 2.54. The van der Waals surface area contributed by atoms with Crippen LogP contribution in [0, 0.1) is 0 Å². The van der Waals surface area contributed by atoms with Crippen LogP contribution in [0.15, 0.2) is 53.0 Å². The summed E-state index contributed by atoms with van der Waals surface area (Å²) in [6.07, 6.45) is 6.96. The molecule has 0 radical (unpaired) electrons. The number of benzene rings is 2. The second-order valence-electron chi connectivity index (χ2n) is 5.17. The lowest BCUT2D eigenvalue weighted by Gasteiger charge is -2.17. The molecule has 3 rings (SSSR count). The molecule has 0 aromatic heterocycles. The van der Waals surface area contributed by atoms with E-state index in [1.807, 2.05) is 0 Å². The van der Waals surface area contributed by atoms with Crippen molar-refractivity contribution in [2.24, 2.45) is 0 Å². The molecule has 0 unspecified atom stereocenters. The molecule has 0 bridgehead atoms. The van der Waals surface area contributed by atoms with Crippen LogP contribution in [0.2, 0.25) is 0 Å². The van der Waals surface area contributed by atoms with Crippen molar-refractivity contribution in [2.45, 2.75) is 12.8 Å². The first-order chi connectivity index (χ1) is 9.81. The summed E-state index contributed by atoms with van der Waals surface area (Å²) in [6, 6.07) is 17.2. The summed E-state index contributed by atoms with van der Waals surface area (Å²) >= 11 is 3.45. The van der Waals surface area contributed by atoms with E-state index in [0.29, 0.717) is 0 Å². The average Bonchev–Trinajstić information content (AvgIpc) is 3.01. The van der Waals surface area contributed by atoms with Crippen LogP contribution in [0.25, 0.3) is 12.2 Å².